The third kappa shape index (κ3) is 24.0. The van der Waals surface area contributed by atoms with Crippen LogP contribution in [-0.2, 0) is 53.8 Å². The average molecular weight is 701 g/mol. The Hall–Kier alpha value is -1.87. The number of carbonyl (C=O) groups is 1. The fraction of sp³-hybridized carbons (Fsp3) is 0.811. The second-order valence-electron chi connectivity index (χ2n) is 11.7. The molecule has 0 amide bonds. The fourth-order valence-corrected chi connectivity index (χ4v) is 4.95. The van der Waals surface area contributed by atoms with E-state index in [0.29, 0.717) is 117 Å². The summed E-state index contributed by atoms with van der Waals surface area (Å²) in [6.45, 7) is 10.1. The van der Waals surface area contributed by atoms with Crippen LogP contribution in [0.25, 0.3) is 0 Å². The summed E-state index contributed by atoms with van der Waals surface area (Å²) >= 11 is 0. The number of carbonyl (C=O) groups excluding carboxylic acids is 1. The summed E-state index contributed by atoms with van der Waals surface area (Å²) in [4.78, 5) is 12.7. The standard InChI is InChI=1S/C37H64O12/c1-3-4-5-6-7-8-9-10-11-33-12-13-36(35(30-33)37(38)39-2)49-32-34-31-47-27-26-45-23-22-43-19-18-41-15-14-40-16-17-42-20-21-44-24-25-46-28-29-48-34/h12-13,30,34H,3-11,14-29,31-32H2,1-2H3. The predicted molar refractivity (Wildman–Crippen MR) is 186 cm³/mol. The maximum atomic E-state index is 12.7. The molecule has 12 heteroatoms. The van der Waals surface area contributed by atoms with Gasteiger partial charge in [-0.25, -0.2) is 4.79 Å². The summed E-state index contributed by atoms with van der Waals surface area (Å²) in [5.74, 6) is 0.0328. The van der Waals surface area contributed by atoms with Gasteiger partial charge in [-0.2, -0.15) is 0 Å². The number of aryl methyl sites for hydroxylation is 1. The normalized spacial score (nSPS) is 19.8. The van der Waals surface area contributed by atoms with Crippen LogP contribution >= 0.6 is 0 Å². The lowest BCUT2D eigenvalue weighted by molar-refractivity contribution is -0.0677. The van der Waals surface area contributed by atoms with E-state index >= 15 is 0 Å². The first-order chi connectivity index (χ1) is 24.2. The van der Waals surface area contributed by atoms with E-state index in [1.165, 1.54) is 52.1 Å². The van der Waals surface area contributed by atoms with Gasteiger partial charge in [-0.15, -0.1) is 0 Å². The average Bonchev–Trinajstić information content (AvgIpc) is 3.12. The van der Waals surface area contributed by atoms with Gasteiger partial charge < -0.3 is 52.1 Å². The largest absolute Gasteiger partial charge is 0.490 e. The van der Waals surface area contributed by atoms with Gasteiger partial charge in [0.05, 0.1) is 119 Å². The fourth-order valence-electron chi connectivity index (χ4n) is 4.95. The first-order valence-corrected chi connectivity index (χ1v) is 18.3. The minimum Gasteiger partial charge on any atom is -0.490 e. The molecule has 1 atom stereocenters. The molecule has 1 heterocycles. The molecule has 0 aliphatic carbocycles. The molecule has 0 radical (unpaired) electrons. The number of esters is 1. The van der Waals surface area contributed by atoms with E-state index < -0.39 is 12.1 Å². The Morgan fingerprint density at radius 1 is 0.612 bits per heavy atom. The molecule has 0 aromatic heterocycles. The molecule has 0 saturated carbocycles. The summed E-state index contributed by atoms with van der Waals surface area (Å²) < 4.78 is 62.0. The molecule has 1 fully saturated rings. The summed E-state index contributed by atoms with van der Waals surface area (Å²) in [5, 5.41) is 0. The highest BCUT2D eigenvalue weighted by molar-refractivity contribution is 5.92. The van der Waals surface area contributed by atoms with Crippen molar-refractivity contribution in [1.29, 1.82) is 0 Å². The highest BCUT2D eigenvalue weighted by Crippen LogP contribution is 2.23. The van der Waals surface area contributed by atoms with Crippen molar-refractivity contribution in [2.45, 2.75) is 70.8 Å². The van der Waals surface area contributed by atoms with Gasteiger partial charge in [-0.05, 0) is 30.5 Å². The first-order valence-electron chi connectivity index (χ1n) is 18.3. The number of hydrogen-bond acceptors (Lipinski definition) is 12. The maximum Gasteiger partial charge on any atom is 0.341 e. The van der Waals surface area contributed by atoms with Gasteiger partial charge in [-0.1, -0.05) is 57.9 Å². The van der Waals surface area contributed by atoms with Gasteiger partial charge in [0.25, 0.3) is 0 Å². The molecule has 0 bridgehead atoms. The maximum absolute atomic E-state index is 12.7. The molecule has 2 rings (SSSR count). The third-order valence-electron chi connectivity index (χ3n) is 7.68. The zero-order valence-electron chi connectivity index (χ0n) is 30.3. The van der Waals surface area contributed by atoms with Crippen molar-refractivity contribution >= 4 is 5.97 Å². The number of methoxy groups -OCH3 is 1. The van der Waals surface area contributed by atoms with Crippen LogP contribution in [0.4, 0.5) is 0 Å². The molecule has 0 spiro atoms. The molecule has 49 heavy (non-hydrogen) atoms. The molecule has 12 nitrogen and oxygen atoms in total. The second kappa shape index (κ2) is 32.1. The van der Waals surface area contributed by atoms with Gasteiger partial charge in [0.1, 0.15) is 24.0 Å². The molecular weight excluding hydrogens is 636 g/mol. The van der Waals surface area contributed by atoms with Gasteiger partial charge in [0.2, 0.25) is 0 Å². The molecule has 1 saturated heterocycles. The summed E-state index contributed by atoms with van der Waals surface area (Å²) in [7, 11) is 1.38. The molecule has 284 valence electrons. The molecule has 1 aliphatic rings. The Labute approximate surface area is 294 Å². The van der Waals surface area contributed by atoms with E-state index in [2.05, 4.69) is 6.92 Å². The molecule has 1 aliphatic heterocycles. The quantitative estimate of drug-likeness (QED) is 0.202. The lowest BCUT2D eigenvalue weighted by Gasteiger charge is -2.20. The Morgan fingerprint density at radius 2 is 1.06 bits per heavy atom. The Kier molecular flexibility index (Phi) is 28.3. The zero-order valence-corrected chi connectivity index (χ0v) is 30.3. The van der Waals surface area contributed by atoms with Gasteiger partial charge in [0.15, 0.2) is 0 Å². The Morgan fingerprint density at radius 3 is 1.55 bits per heavy atom. The monoisotopic (exact) mass is 700 g/mol. The molecule has 0 N–H and O–H groups in total. The van der Waals surface area contributed by atoms with E-state index in [-0.39, 0.29) is 13.2 Å². The minimum absolute atomic E-state index is 0.187. The van der Waals surface area contributed by atoms with E-state index in [1.54, 1.807) is 0 Å². The molecule has 1 unspecified atom stereocenters. The van der Waals surface area contributed by atoms with Crippen LogP contribution in [0.3, 0.4) is 0 Å². The van der Waals surface area contributed by atoms with E-state index in [4.69, 9.17) is 52.1 Å². The van der Waals surface area contributed by atoms with E-state index in [1.807, 2.05) is 18.2 Å². The van der Waals surface area contributed by atoms with Crippen LogP contribution in [0, 0.1) is 0 Å². The van der Waals surface area contributed by atoms with Crippen LogP contribution in [0.1, 0.15) is 74.2 Å². The number of hydrogen-bond donors (Lipinski definition) is 0. The highest BCUT2D eigenvalue weighted by Gasteiger charge is 2.17. The van der Waals surface area contributed by atoms with Crippen molar-refractivity contribution in [3.05, 3.63) is 29.3 Å². The minimum atomic E-state index is -0.426. The lowest BCUT2D eigenvalue weighted by Crippen LogP contribution is -2.30. The van der Waals surface area contributed by atoms with Gasteiger partial charge in [0, 0.05) is 0 Å². The summed E-state index contributed by atoms with van der Waals surface area (Å²) in [5.41, 5.74) is 1.51. The first kappa shape index (κ1) is 43.3. The summed E-state index contributed by atoms with van der Waals surface area (Å²) in [6, 6.07) is 5.76. The molecular formula is C37H64O12. The van der Waals surface area contributed by atoms with Crippen molar-refractivity contribution in [3.8, 4) is 5.75 Å². The number of rotatable bonds is 13. The number of ether oxygens (including phenoxy) is 11. The zero-order chi connectivity index (χ0) is 34.9. The lowest BCUT2D eigenvalue weighted by atomic mass is 10.0. The van der Waals surface area contributed by atoms with E-state index in [0.717, 1.165) is 18.4 Å². The summed E-state index contributed by atoms with van der Waals surface area (Å²) in [6.07, 6.45) is 10.6. The van der Waals surface area contributed by atoms with Crippen LogP contribution in [0.2, 0.25) is 0 Å². The molecule has 1 aromatic rings. The van der Waals surface area contributed by atoms with Crippen molar-refractivity contribution in [2.24, 2.45) is 0 Å². The van der Waals surface area contributed by atoms with Gasteiger partial charge >= 0.3 is 5.97 Å². The van der Waals surface area contributed by atoms with Crippen LogP contribution in [-0.4, -0.2) is 138 Å². The highest BCUT2D eigenvalue weighted by atomic mass is 16.6. The number of benzene rings is 1. The van der Waals surface area contributed by atoms with Crippen LogP contribution in [0.15, 0.2) is 18.2 Å². The third-order valence-corrected chi connectivity index (χ3v) is 7.68. The van der Waals surface area contributed by atoms with Crippen molar-refractivity contribution in [1.82, 2.24) is 0 Å². The Bertz CT molecular complexity index is 874. The van der Waals surface area contributed by atoms with Crippen molar-refractivity contribution in [2.75, 3.05) is 126 Å². The molecule has 1 aromatic carbocycles. The van der Waals surface area contributed by atoms with Gasteiger partial charge in [-0.3, -0.25) is 0 Å². The number of unbranched alkanes of at least 4 members (excludes halogenated alkanes) is 7. The smallest absolute Gasteiger partial charge is 0.341 e. The van der Waals surface area contributed by atoms with Crippen LogP contribution < -0.4 is 4.74 Å². The Balaban J connectivity index is 1.83. The predicted octanol–water partition coefficient (Wildman–Crippen LogP) is 5.07. The van der Waals surface area contributed by atoms with Crippen LogP contribution in [0.5, 0.6) is 5.75 Å². The van der Waals surface area contributed by atoms with E-state index in [9.17, 15) is 4.79 Å². The van der Waals surface area contributed by atoms with Crippen molar-refractivity contribution in [3.63, 3.8) is 0 Å². The van der Waals surface area contributed by atoms with Crippen molar-refractivity contribution < 1.29 is 56.9 Å². The SMILES string of the molecule is CCCCCCCCCCc1ccc(OCC2COCCOCCOCCOCCOCCOCCOCCOCCO2)c(C(=O)OC)c1. The second-order valence-corrected chi connectivity index (χ2v) is 11.7. The topological polar surface area (TPSA) is 119 Å².